The van der Waals surface area contributed by atoms with Gasteiger partial charge in [-0.15, -0.1) is 0 Å². The van der Waals surface area contributed by atoms with E-state index < -0.39 is 12.0 Å². The molecular weight excluding hydrogens is 394 g/mol. The third-order valence-electron chi connectivity index (χ3n) is 6.79. The van der Waals surface area contributed by atoms with Gasteiger partial charge in [0.1, 0.15) is 0 Å². The van der Waals surface area contributed by atoms with Crippen LogP contribution in [0.4, 0.5) is 5.69 Å². The third kappa shape index (κ3) is 6.79. The first-order valence-electron chi connectivity index (χ1n) is 11.5. The molecule has 7 nitrogen and oxygen atoms in total. The molecule has 3 N–H and O–H groups in total. The molecule has 0 aliphatic carbocycles. The van der Waals surface area contributed by atoms with Crippen LogP contribution in [0.3, 0.4) is 0 Å². The molecule has 4 rings (SSSR count). The molecule has 3 aliphatic heterocycles. The number of fused-ring (bicyclic) bond motifs is 1. The van der Waals surface area contributed by atoms with Crippen LogP contribution < -0.4 is 10.6 Å². The number of nitrogens with zero attached hydrogens (tertiary/aromatic N) is 1. The fraction of sp³-hybridized carbons (Fsp3) is 0.625. The molecule has 7 heteroatoms. The number of para-hydroxylation sites is 1. The fourth-order valence-electron chi connectivity index (χ4n) is 4.92. The van der Waals surface area contributed by atoms with Gasteiger partial charge in [0.2, 0.25) is 5.91 Å². The van der Waals surface area contributed by atoms with E-state index in [9.17, 15) is 14.4 Å². The molecule has 1 atom stereocenters. The van der Waals surface area contributed by atoms with Crippen LogP contribution in [0.15, 0.2) is 24.3 Å². The van der Waals surface area contributed by atoms with Gasteiger partial charge in [0.05, 0.1) is 12.5 Å². The predicted molar refractivity (Wildman–Crippen MR) is 124 cm³/mol. The summed E-state index contributed by atoms with van der Waals surface area (Å²) in [5, 5.41) is 15.2. The lowest BCUT2D eigenvalue weighted by molar-refractivity contribution is -0.139. The first kappa shape index (κ1) is 23.3. The van der Waals surface area contributed by atoms with Gasteiger partial charge >= 0.3 is 5.97 Å². The van der Waals surface area contributed by atoms with E-state index in [1.165, 1.54) is 38.8 Å². The summed E-state index contributed by atoms with van der Waals surface area (Å²) in [6.45, 7) is 6.05. The van der Waals surface area contributed by atoms with Crippen LogP contribution in [0.25, 0.3) is 0 Å². The van der Waals surface area contributed by atoms with Crippen LogP contribution in [-0.2, 0) is 20.8 Å². The molecule has 0 aromatic heterocycles. The van der Waals surface area contributed by atoms with Gasteiger partial charge in [-0.1, -0.05) is 18.2 Å². The zero-order valence-electron chi connectivity index (χ0n) is 18.4. The number of rotatable bonds is 3. The van der Waals surface area contributed by atoms with Crippen LogP contribution in [0.1, 0.15) is 53.9 Å². The van der Waals surface area contributed by atoms with Gasteiger partial charge in [0.25, 0.3) is 0 Å². The number of aliphatic carboxylic acids is 1. The Kier molecular flexibility index (Phi) is 8.46. The number of carboxylic acid groups (broad SMARTS) is 1. The number of Topliss-reactive ketones (excluding diaryl/α,β-unsaturated/α-hetero) is 1. The van der Waals surface area contributed by atoms with Crippen molar-refractivity contribution < 1.29 is 22.3 Å². The molecule has 3 heterocycles. The Bertz CT molecular complexity index is 779. The number of anilines is 1. The number of nitrogens with one attached hydrogen (secondary N) is 2. The van der Waals surface area contributed by atoms with Crippen molar-refractivity contribution in [3.8, 4) is 0 Å². The van der Waals surface area contributed by atoms with Gasteiger partial charge < -0.3 is 20.6 Å². The van der Waals surface area contributed by atoms with Crippen molar-refractivity contribution in [3.05, 3.63) is 29.8 Å². The molecule has 0 radical (unpaired) electrons. The van der Waals surface area contributed by atoms with Crippen molar-refractivity contribution in [1.82, 2.24) is 10.2 Å². The second-order valence-corrected chi connectivity index (χ2v) is 8.85. The first-order valence-corrected chi connectivity index (χ1v) is 11.5. The van der Waals surface area contributed by atoms with Crippen LogP contribution in [-0.4, -0.2) is 59.9 Å². The van der Waals surface area contributed by atoms with Crippen LogP contribution in [0, 0.1) is 11.8 Å². The Labute approximate surface area is 187 Å². The Balaban J connectivity index is 0.000000312. The summed E-state index contributed by atoms with van der Waals surface area (Å²) in [5.74, 6) is 1.06. The maximum atomic E-state index is 11.7. The van der Waals surface area contributed by atoms with Crippen molar-refractivity contribution in [2.24, 2.45) is 11.8 Å². The molecule has 2 fully saturated rings. The zero-order chi connectivity index (χ0) is 22.2. The van der Waals surface area contributed by atoms with Gasteiger partial charge in [0.15, 0.2) is 5.78 Å². The SMILES string of the molecule is CC(=O)N1CCC(C2CCNCC2)CC1.O=C(O)CC1Nc2ccccc2CCC1=O.[HH].[HH]. The summed E-state index contributed by atoms with van der Waals surface area (Å²) in [7, 11) is 0. The van der Waals surface area contributed by atoms with Crippen molar-refractivity contribution in [2.45, 2.75) is 57.9 Å². The van der Waals surface area contributed by atoms with Gasteiger partial charge in [-0.2, -0.15) is 0 Å². The van der Waals surface area contributed by atoms with E-state index in [0.29, 0.717) is 12.8 Å². The maximum Gasteiger partial charge on any atom is 0.305 e. The second-order valence-electron chi connectivity index (χ2n) is 8.85. The summed E-state index contributed by atoms with van der Waals surface area (Å²) < 4.78 is 0. The molecule has 2 saturated heterocycles. The highest BCUT2D eigenvalue weighted by molar-refractivity contribution is 5.91. The summed E-state index contributed by atoms with van der Waals surface area (Å²) in [4.78, 5) is 35.5. The van der Waals surface area contributed by atoms with Gasteiger partial charge in [0, 0.05) is 35.0 Å². The molecule has 0 saturated carbocycles. The normalized spacial score (nSPS) is 22.4. The highest BCUT2D eigenvalue weighted by Gasteiger charge is 2.28. The topological polar surface area (TPSA) is 98.7 Å². The highest BCUT2D eigenvalue weighted by atomic mass is 16.4. The smallest absolute Gasteiger partial charge is 0.305 e. The number of piperidine rings is 2. The van der Waals surface area contributed by atoms with Crippen LogP contribution >= 0.6 is 0 Å². The minimum Gasteiger partial charge on any atom is -0.481 e. The Morgan fingerprint density at radius 3 is 2.35 bits per heavy atom. The van der Waals surface area contributed by atoms with E-state index in [2.05, 4.69) is 10.6 Å². The third-order valence-corrected chi connectivity index (χ3v) is 6.79. The molecule has 0 spiro atoms. The molecule has 31 heavy (non-hydrogen) atoms. The number of carbonyl (C=O) groups excluding carboxylic acids is 2. The quantitative estimate of drug-likeness (QED) is 0.677. The molecule has 0 bridgehead atoms. The van der Waals surface area contributed by atoms with E-state index >= 15 is 0 Å². The van der Waals surface area contributed by atoms with E-state index in [0.717, 1.165) is 36.2 Å². The Morgan fingerprint density at radius 1 is 1.06 bits per heavy atom. The summed E-state index contributed by atoms with van der Waals surface area (Å²) in [6, 6.07) is 7.03. The summed E-state index contributed by atoms with van der Waals surface area (Å²) in [5.41, 5.74) is 1.95. The standard InChI is InChI=1S/C12H22N2O.C12H13NO3.2H2/c1-10(15)14-8-4-12(5-9-14)11-2-6-13-7-3-11;14-11-6-5-8-3-1-2-4-9(8)13-10(11)7-12(15)16;;/h11-13H,2-9H2,1H3;1-4,10,13H,5-7H2,(H,15,16);2*1H. The molecule has 174 valence electrons. The van der Waals surface area contributed by atoms with Crippen molar-refractivity contribution in [2.75, 3.05) is 31.5 Å². The maximum absolute atomic E-state index is 11.7. The minimum absolute atomic E-state index is 0. The van der Waals surface area contributed by atoms with Crippen molar-refractivity contribution >= 4 is 23.3 Å². The highest BCUT2D eigenvalue weighted by Crippen LogP contribution is 2.30. The Morgan fingerprint density at radius 2 is 1.71 bits per heavy atom. The molecule has 3 aliphatic rings. The van der Waals surface area contributed by atoms with E-state index in [1.807, 2.05) is 29.2 Å². The predicted octanol–water partition coefficient (Wildman–Crippen LogP) is 3.19. The van der Waals surface area contributed by atoms with Gasteiger partial charge in [-0.05, 0) is 68.7 Å². The number of likely N-dealkylation sites (tertiary alicyclic amines) is 1. The number of hydrogen-bond acceptors (Lipinski definition) is 5. The second kappa shape index (κ2) is 11.3. The Hall–Kier alpha value is -2.41. The monoisotopic (exact) mass is 433 g/mol. The minimum atomic E-state index is -0.953. The van der Waals surface area contributed by atoms with Crippen molar-refractivity contribution in [3.63, 3.8) is 0 Å². The number of aryl methyl sites for hydroxylation is 1. The van der Waals surface area contributed by atoms with E-state index in [1.54, 1.807) is 6.92 Å². The largest absolute Gasteiger partial charge is 0.481 e. The van der Waals surface area contributed by atoms with E-state index in [4.69, 9.17) is 5.11 Å². The molecule has 1 amide bonds. The lowest BCUT2D eigenvalue weighted by atomic mass is 9.79. The number of hydrogen-bond donors (Lipinski definition) is 3. The van der Waals surface area contributed by atoms with Crippen LogP contribution in [0.5, 0.6) is 0 Å². The van der Waals surface area contributed by atoms with Crippen molar-refractivity contribution in [1.29, 1.82) is 0 Å². The summed E-state index contributed by atoms with van der Waals surface area (Å²) >= 11 is 0. The number of carbonyl (C=O) groups is 3. The van der Waals surface area contributed by atoms with Crippen LogP contribution in [0.2, 0.25) is 0 Å². The molecule has 1 unspecified atom stereocenters. The van der Waals surface area contributed by atoms with E-state index in [-0.39, 0.29) is 21.0 Å². The molecule has 1 aromatic carbocycles. The number of amides is 1. The molecule has 1 aromatic rings. The van der Waals surface area contributed by atoms with Gasteiger partial charge in [-0.25, -0.2) is 0 Å². The van der Waals surface area contributed by atoms with Gasteiger partial charge in [-0.3, -0.25) is 14.4 Å². The summed E-state index contributed by atoms with van der Waals surface area (Å²) in [6.07, 6.45) is 6.05. The lowest BCUT2D eigenvalue weighted by Gasteiger charge is -2.37. The average Bonchev–Trinajstić information content (AvgIpc) is 2.93. The number of ketones is 1. The molecular formula is C24H39N3O4. The number of carboxylic acids is 1. The first-order chi connectivity index (χ1) is 14.9. The fourth-order valence-corrected chi connectivity index (χ4v) is 4.92. The lowest BCUT2D eigenvalue weighted by Crippen LogP contribution is -2.41. The number of benzene rings is 1. The zero-order valence-corrected chi connectivity index (χ0v) is 18.4. The average molecular weight is 434 g/mol.